The van der Waals surface area contributed by atoms with Gasteiger partial charge in [-0.1, -0.05) is 44.2 Å². The normalized spacial score (nSPS) is 15.4. The Morgan fingerprint density at radius 3 is 2.64 bits per heavy atom. The molecule has 1 aromatic heterocycles. The minimum atomic E-state index is 0.102. The highest BCUT2D eigenvalue weighted by Gasteiger charge is 2.28. The predicted molar refractivity (Wildman–Crippen MR) is 133 cm³/mol. The highest BCUT2D eigenvalue weighted by Crippen LogP contribution is 2.38. The first-order valence-electron chi connectivity index (χ1n) is 11.6. The number of hydrogen-bond donors (Lipinski definition) is 0. The van der Waals surface area contributed by atoms with Crippen molar-refractivity contribution in [2.24, 2.45) is 0 Å². The number of likely N-dealkylation sites (N-methyl/N-ethyl adjacent to an activating group) is 1. The topological polar surface area (TPSA) is 52.4 Å². The van der Waals surface area contributed by atoms with E-state index in [2.05, 4.69) is 52.9 Å². The van der Waals surface area contributed by atoms with Crippen LogP contribution in [0.5, 0.6) is 5.75 Å². The molecule has 4 rings (SSSR count). The van der Waals surface area contributed by atoms with Crippen LogP contribution >= 0.6 is 0 Å². The van der Waals surface area contributed by atoms with Gasteiger partial charge >= 0.3 is 0 Å². The van der Waals surface area contributed by atoms with E-state index in [1.165, 1.54) is 0 Å². The third-order valence-corrected chi connectivity index (χ3v) is 6.14. The fourth-order valence-corrected chi connectivity index (χ4v) is 4.29. The van der Waals surface area contributed by atoms with E-state index in [9.17, 15) is 5.26 Å². The van der Waals surface area contributed by atoms with Crippen molar-refractivity contribution >= 4 is 11.4 Å². The molecule has 5 heteroatoms. The molecule has 1 aliphatic rings. The first kappa shape index (κ1) is 22.6. The molecule has 0 N–H and O–H groups in total. The number of nitrogens with zero attached hydrogens (tertiary/aromatic N) is 4. The molecule has 33 heavy (non-hydrogen) atoms. The van der Waals surface area contributed by atoms with E-state index in [4.69, 9.17) is 4.74 Å². The monoisotopic (exact) mass is 438 g/mol. The number of aromatic nitrogens is 1. The van der Waals surface area contributed by atoms with Crippen LogP contribution in [0.4, 0.5) is 5.69 Å². The Hall–Kier alpha value is -3.62. The SMILES string of the molecule is CCN(CC)CCOc1cccc(N2CC(c3ccccc3C#N)C=C2c2ccccn2)c1. The van der Waals surface area contributed by atoms with Gasteiger partial charge < -0.3 is 14.5 Å². The number of hydrogen-bond acceptors (Lipinski definition) is 5. The summed E-state index contributed by atoms with van der Waals surface area (Å²) in [4.78, 5) is 9.23. The molecule has 0 aliphatic carbocycles. The fourth-order valence-electron chi connectivity index (χ4n) is 4.29. The summed E-state index contributed by atoms with van der Waals surface area (Å²) in [5.74, 6) is 0.964. The number of anilines is 1. The molecule has 0 saturated carbocycles. The third kappa shape index (κ3) is 5.24. The van der Waals surface area contributed by atoms with Gasteiger partial charge in [-0.3, -0.25) is 4.98 Å². The molecule has 0 spiro atoms. The van der Waals surface area contributed by atoms with Crippen LogP contribution in [0, 0.1) is 11.3 Å². The first-order chi connectivity index (χ1) is 16.2. The molecule has 0 amide bonds. The molecule has 2 aromatic carbocycles. The molecular formula is C28H30N4O. The number of ether oxygens (including phenoxy) is 1. The van der Waals surface area contributed by atoms with E-state index in [0.717, 1.165) is 60.1 Å². The van der Waals surface area contributed by atoms with Crippen molar-refractivity contribution in [3.63, 3.8) is 0 Å². The van der Waals surface area contributed by atoms with Gasteiger partial charge in [0.15, 0.2) is 0 Å². The summed E-state index contributed by atoms with van der Waals surface area (Å²) in [5.41, 5.74) is 4.79. The number of pyridine rings is 1. The van der Waals surface area contributed by atoms with Crippen molar-refractivity contribution in [1.82, 2.24) is 9.88 Å². The molecule has 1 atom stereocenters. The lowest BCUT2D eigenvalue weighted by molar-refractivity contribution is 0.223. The van der Waals surface area contributed by atoms with E-state index in [1.54, 1.807) is 0 Å². The van der Waals surface area contributed by atoms with Gasteiger partial charge in [0.2, 0.25) is 0 Å². The Morgan fingerprint density at radius 1 is 1.06 bits per heavy atom. The second-order valence-electron chi connectivity index (χ2n) is 8.06. The van der Waals surface area contributed by atoms with E-state index in [0.29, 0.717) is 6.61 Å². The lowest BCUT2D eigenvalue weighted by atomic mass is 9.95. The summed E-state index contributed by atoms with van der Waals surface area (Å²) >= 11 is 0. The molecule has 0 bridgehead atoms. The predicted octanol–water partition coefficient (Wildman–Crippen LogP) is 5.32. The molecular weight excluding hydrogens is 408 g/mol. The molecule has 0 radical (unpaired) electrons. The Morgan fingerprint density at radius 2 is 1.88 bits per heavy atom. The van der Waals surface area contributed by atoms with Crippen molar-refractivity contribution in [1.29, 1.82) is 5.26 Å². The maximum Gasteiger partial charge on any atom is 0.121 e. The van der Waals surface area contributed by atoms with Crippen LogP contribution in [0.3, 0.4) is 0 Å². The van der Waals surface area contributed by atoms with Crippen molar-refractivity contribution in [3.8, 4) is 11.8 Å². The zero-order chi connectivity index (χ0) is 23.0. The van der Waals surface area contributed by atoms with Gasteiger partial charge in [-0.25, -0.2) is 0 Å². The van der Waals surface area contributed by atoms with E-state index < -0.39 is 0 Å². The molecule has 0 saturated heterocycles. The minimum Gasteiger partial charge on any atom is -0.492 e. The van der Waals surface area contributed by atoms with Gasteiger partial charge in [0, 0.05) is 37.0 Å². The summed E-state index contributed by atoms with van der Waals surface area (Å²) in [6.45, 7) is 8.70. The second-order valence-corrected chi connectivity index (χ2v) is 8.06. The number of rotatable bonds is 9. The Bertz CT molecular complexity index is 1130. The van der Waals surface area contributed by atoms with Crippen LogP contribution in [0.2, 0.25) is 0 Å². The largest absolute Gasteiger partial charge is 0.492 e. The molecule has 5 nitrogen and oxygen atoms in total. The van der Waals surface area contributed by atoms with E-state index >= 15 is 0 Å². The van der Waals surface area contributed by atoms with Crippen LogP contribution in [0.1, 0.15) is 36.6 Å². The molecule has 1 unspecified atom stereocenters. The zero-order valence-corrected chi connectivity index (χ0v) is 19.3. The minimum absolute atomic E-state index is 0.102. The standard InChI is InChI=1S/C28H30N4O/c1-3-31(4-2)16-17-33-25-12-9-11-24(19-25)32-21-23(26-13-6-5-10-22(26)20-29)18-28(32)27-14-7-8-15-30-27/h5-15,18-19,23H,3-4,16-17,21H2,1-2H3. The van der Waals surface area contributed by atoms with Gasteiger partial charge in [-0.05, 0) is 55.1 Å². The van der Waals surface area contributed by atoms with Crippen LogP contribution < -0.4 is 9.64 Å². The maximum absolute atomic E-state index is 9.62. The van der Waals surface area contributed by atoms with Gasteiger partial charge in [0.25, 0.3) is 0 Å². The van der Waals surface area contributed by atoms with Gasteiger partial charge in [-0.2, -0.15) is 5.26 Å². The van der Waals surface area contributed by atoms with E-state index in [-0.39, 0.29) is 5.92 Å². The lowest BCUT2D eigenvalue weighted by Crippen LogP contribution is -2.28. The Labute approximate surface area is 196 Å². The first-order valence-corrected chi connectivity index (χ1v) is 11.6. The summed E-state index contributed by atoms with van der Waals surface area (Å²) in [5, 5.41) is 9.62. The van der Waals surface area contributed by atoms with Crippen molar-refractivity contribution < 1.29 is 4.74 Å². The van der Waals surface area contributed by atoms with Crippen molar-refractivity contribution in [2.45, 2.75) is 19.8 Å². The molecule has 0 fully saturated rings. The smallest absolute Gasteiger partial charge is 0.121 e. The summed E-state index contributed by atoms with van der Waals surface area (Å²) in [7, 11) is 0. The molecule has 1 aliphatic heterocycles. The van der Waals surface area contributed by atoms with Gasteiger partial charge in [0.1, 0.15) is 12.4 Å². The highest BCUT2D eigenvalue weighted by atomic mass is 16.5. The van der Waals surface area contributed by atoms with Crippen LogP contribution in [-0.2, 0) is 0 Å². The second kappa shape index (κ2) is 10.8. The van der Waals surface area contributed by atoms with Crippen LogP contribution in [-0.4, -0.2) is 42.7 Å². The summed E-state index contributed by atoms with van der Waals surface area (Å²) < 4.78 is 6.08. The van der Waals surface area contributed by atoms with E-state index in [1.807, 2.05) is 60.8 Å². The lowest BCUT2D eigenvalue weighted by Gasteiger charge is -2.24. The third-order valence-electron chi connectivity index (χ3n) is 6.14. The fraction of sp³-hybridized carbons (Fsp3) is 0.286. The van der Waals surface area contributed by atoms with Crippen LogP contribution in [0.15, 0.2) is 79.0 Å². The molecule has 3 aromatic rings. The average molecular weight is 439 g/mol. The molecule has 2 heterocycles. The van der Waals surface area contributed by atoms with Gasteiger partial charge in [-0.15, -0.1) is 0 Å². The Balaban J connectivity index is 1.61. The number of benzene rings is 2. The quantitative estimate of drug-likeness (QED) is 0.453. The summed E-state index contributed by atoms with van der Waals surface area (Å²) in [6.07, 6.45) is 4.05. The van der Waals surface area contributed by atoms with Crippen molar-refractivity contribution in [2.75, 3.05) is 37.7 Å². The van der Waals surface area contributed by atoms with Crippen LogP contribution in [0.25, 0.3) is 5.70 Å². The average Bonchev–Trinajstić information content (AvgIpc) is 3.33. The number of nitriles is 1. The molecule has 168 valence electrons. The highest BCUT2D eigenvalue weighted by molar-refractivity contribution is 5.82. The Kier molecular flexibility index (Phi) is 7.39. The van der Waals surface area contributed by atoms with Crippen molar-refractivity contribution in [3.05, 3.63) is 95.8 Å². The summed E-state index contributed by atoms with van der Waals surface area (Å²) in [6, 6.07) is 24.4. The maximum atomic E-state index is 9.62. The van der Waals surface area contributed by atoms with Gasteiger partial charge in [0.05, 0.1) is 23.0 Å². The zero-order valence-electron chi connectivity index (χ0n) is 19.3.